The molecule has 0 unspecified atom stereocenters. The van der Waals surface area contributed by atoms with Crippen molar-refractivity contribution in [2.24, 2.45) is 0 Å². The first-order chi connectivity index (χ1) is 4.72. The molecular formula is C6H9IO3. The number of carbonyl (C=O) groups is 1. The van der Waals surface area contributed by atoms with Crippen LogP contribution in [0.5, 0.6) is 0 Å². The predicted molar refractivity (Wildman–Crippen MR) is 45.8 cm³/mol. The van der Waals surface area contributed by atoms with Crippen molar-refractivity contribution in [3.8, 4) is 0 Å². The Balaban J connectivity index is 3.82. The van der Waals surface area contributed by atoms with Gasteiger partial charge in [-0.15, -0.1) is 0 Å². The molecule has 0 aliphatic heterocycles. The largest absolute Gasteiger partial charge is 0.462 e. The first-order valence-electron chi connectivity index (χ1n) is 2.86. The molecule has 0 aromatic heterocycles. The van der Waals surface area contributed by atoms with Gasteiger partial charge in [-0.05, 0) is 35.6 Å². The highest BCUT2D eigenvalue weighted by Crippen LogP contribution is 2.06. The molecule has 0 rings (SSSR count). The third kappa shape index (κ3) is 3.84. The van der Waals surface area contributed by atoms with Crippen LogP contribution in [0, 0.1) is 0 Å². The molecule has 3 nitrogen and oxygen atoms in total. The van der Waals surface area contributed by atoms with Crippen LogP contribution in [-0.2, 0) is 9.53 Å². The van der Waals surface area contributed by atoms with Crippen molar-refractivity contribution in [1.29, 1.82) is 0 Å². The highest BCUT2D eigenvalue weighted by atomic mass is 127. The quantitative estimate of drug-likeness (QED) is 0.463. The Morgan fingerprint density at radius 3 is 2.80 bits per heavy atom. The molecule has 0 radical (unpaired) electrons. The second kappa shape index (κ2) is 5.67. The maximum absolute atomic E-state index is 10.7. The molecule has 10 heavy (non-hydrogen) atoms. The molecule has 0 aliphatic carbocycles. The third-order valence-corrected chi connectivity index (χ3v) is 1.62. The summed E-state index contributed by atoms with van der Waals surface area (Å²) in [5, 5.41) is 8.36. The Hall–Kier alpha value is -0.100. The monoisotopic (exact) mass is 256 g/mol. The van der Waals surface area contributed by atoms with E-state index in [0.717, 1.165) is 0 Å². The standard InChI is InChI=1S/C6H9IO3/c1-2-10-6(9)5(7)3-4-8/h3,8H,2,4H2,1H3/b5-3-. The SMILES string of the molecule is CCOC(=O)/C(I)=C/CO. The fraction of sp³-hybridized carbons (Fsp3) is 0.500. The number of ether oxygens (including phenoxy) is 1. The minimum Gasteiger partial charge on any atom is -0.462 e. The Bertz CT molecular complexity index is 142. The van der Waals surface area contributed by atoms with Gasteiger partial charge in [-0.25, -0.2) is 4.79 Å². The summed E-state index contributed by atoms with van der Waals surface area (Å²) in [4.78, 5) is 10.7. The van der Waals surface area contributed by atoms with E-state index in [1.807, 2.05) is 22.6 Å². The summed E-state index contributed by atoms with van der Waals surface area (Å²) in [7, 11) is 0. The number of esters is 1. The Morgan fingerprint density at radius 2 is 2.40 bits per heavy atom. The van der Waals surface area contributed by atoms with Crippen LogP contribution in [0.25, 0.3) is 0 Å². The Kier molecular flexibility index (Phi) is 5.61. The zero-order valence-electron chi connectivity index (χ0n) is 5.63. The molecule has 0 aromatic rings. The van der Waals surface area contributed by atoms with Crippen LogP contribution in [0.2, 0.25) is 0 Å². The minimum absolute atomic E-state index is 0.128. The van der Waals surface area contributed by atoms with Gasteiger partial charge in [0.1, 0.15) is 0 Å². The lowest BCUT2D eigenvalue weighted by atomic mass is 10.5. The van der Waals surface area contributed by atoms with Gasteiger partial charge in [0.15, 0.2) is 0 Å². The van der Waals surface area contributed by atoms with Crippen LogP contribution >= 0.6 is 22.6 Å². The van der Waals surface area contributed by atoms with Gasteiger partial charge < -0.3 is 9.84 Å². The van der Waals surface area contributed by atoms with Crippen molar-refractivity contribution in [2.45, 2.75) is 6.92 Å². The summed E-state index contributed by atoms with van der Waals surface area (Å²) in [6.45, 7) is 1.97. The smallest absolute Gasteiger partial charge is 0.344 e. The van der Waals surface area contributed by atoms with Crippen molar-refractivity contribution in [3.05, 3.63) is 9.66 Å². The molecule has 0 aliphatic rings. The Morgan fingerprint density at radius 1 is 1.80 bits per heavy atom. The molecule has 0 saturated carbocycles. The van der Waals surface area contributed by atoms with E-state index >= 15 is 0 Å². The van der Waals surface area contributed by atoms with E-state index in [1.165, 1.54) is 6.08 Å². The molecule has 0 spiro atoms. The summed E-state index contributed by atoms with van der Waals surface area (Å²) in [6, 6.07) is 0. The van der Waals surface area contributed by atoms with Gasteiger partial charge in [0.25, 0.3) is 0 Å². The number of hydrogen-bond acceptors (Lipinski definition) is 3. The fourth-order valence-electron chi connectivity index (χ4n) is 0.364. The second-order valence-electron chi connectivity index (χ2n) is 1.46. The van der Waals surface area contributed by atoms with E-state index in [9.17, 15) is 4.79 Å². The van der Waals surface area contributed by atoms with E-state index in [4.69, 9.17) is 5.11 Å². The van der Waals surface area contributed by atoms with Gasteiger partial charge >= 0.3 is 5.97 Å². The first-order valence-corrected chi connectivity index (χ1v) is 3.93. The van der Waals surface area contributed by atoms with Crippen molar-refractivity contribution in [3.63, 3.8) is 0 Å². The van der Waals surface area contributed by atoms with Crippen LogP contribution in [0.4, 0.5) is 0 Å². The maximum atomic E-state index is 10.7. The number of aliphatic hydroxyl groups is 1. The minimum atomic E-state index is -0.378. The van der Waals surface area contributed by atoms with E-state index in [2.05, 4.69) is 4.74 Å². The molecule has 0 heterocycles. The number of carbonyl (C=O) groups excluding carboxylic acids is 1. The fourth-order valence-corrected chi connectivity index (χ4v) is 0.716. The van der Waals surface area contributed by atoms with Gasteiger partial charge in [0.05, 0.1) is 16.8 Å². The van der Waals surface area contributed by atoms with Crippen molar-refractivity contribution in [1.82, 2.24) is 0 Å². The number of hydrogen-bond donors (Lipinski definition) is 1. The summed E-state index contributed by atoms with van der Waals surface area (Å²) < 4.78 is 5.05. The topological polar surface area (TPSA) is 46.5 Å². The van der Waals surface area contributed by atoms with E-state index in [-0.39, 0.29) is 12.6 Å². The normalized spacial score (nSPS) is 11.3. The zero-order valence-corrected chi connectivity index (χ0v) is 7.79. The average molecular weight is 256 g/mol. The summed E-state index contributed by atoms with van der Waals surface area (Å²) in [6.07, 6.45) is 1.40. The first kappa shape index (κ1) is 9.90. The summed E-state index contributed by atoms with van der Waals surface area (Å²) in [5.41, 5.74) is 0. The van der Waals surface area contributed by atoms with Crippen molar-refractivity contribution < 1.29 is 14.6 Å². The number of rotatable bonds is 3. The van der Waals surface area contributed by atoms with Crippen molar-refractivity contribution in [2.75, 3.05) is 13.2 Å². The van der Waals surface area contributed by atoms with E-state index in [1.54, 1.807) is 6.92 Å². The number of halogens is 1. The molecule has 0 aromatic carbocycles. The number of aliphatic hydroxyl groups excluding tert-OH is 1. The highest BCUT2D eigenvalue weighted by molar-refractivity contribution is 14.1. The van der Waals surface area contributed by atoms with Crippen molar-refractivity contribution >= 4 is 28.6 Å². The molecular weight excluding hydrogens is 247 g/mol. The summed E-state index contributed by atoms with van der Waals surface area (Å²) in [5.74, 6) is -0.378. The molecule has 1 N–H and O–H groups in total. The lowest BCUT2D eigenvalue weighted by molar-refractivity contribution is -0.137. The van der Waals surface area contributed by atoms with E-state index < -0.39 is 0 Å². The van der Waals surface area contributed by atoms with Crippen LogP contribution < -0.4 is 0 Å². The van der Waals surface area contributed by atoms with E-state index in [0.29, 0.717) is 10.2 Å². The molecule has 0 saturated heterocycles. The van der Waals surface area contributed by atoms with Crippen LogP contribution in [0.15, 0.2) is 9.66 Å². The summed E-state index contributed by atoms with van der Waals surface area (Å²) >= 11 is 1.82. The van der Waals surface area contributed by atoms with Gasteiger partial charge in [0.2, 0.25) is 0 Å². The van der Waals surface area contributed by atoms with Gasteiger partial charge in [-0.1, -0.05) is 0 Å². The van der Waals surface area contributed by atoms with Gasteiger partial charge in [-0.3, -0.25) is 0 Å². The predicted octanol–water partition coefficient (Wildman–Crippen LogP) is 0.861. The van der Waals surface area contributed by atoms with Gasteiger partial charge in [0, 0.05) is 0 Å². The molecule has 58 valence electrons. The van der Waals surface area contributed by atoms with Crippen LogP contribution in [0.1, 0.15) is 6.92 Å². The lowest BCUT2D eigenvalue weighted by Crippen LogP contribution is -2.03. The van der Waals surface area contributed by atoms with Gasteiger partial charge in [-0.2, -0.15) is 0 Å². The Labute approximate surface area is 73.2 Å². The third-order valence-electron chi connectivity index (χ3n) is 0.741. The van der Waals surface area contributed by atoms with Crippen LogP contribution in [-0.4, -0.2) is 24.3 Å². The molecule has 0 amide bonds. The molecule has 0 bridgehead atoms. The molecule has 0 fully saturated rings. The second-order valence-corrected chi connectivity index (χ2v) is 2.62. The molecule has 4 heteroatoms. The zero-order chi connectivity index (χ0) is 7.98. The lowest BCUT2D eigenvalue weighted by Gasteiger charge is -1.97. The maximum Gasteiger partial charge on any atom is 0.344 e. The highest BCUT2D eigenvalue weighted by Gasteiger charge is 2.03. The molecule has 0 atom stereocenters. The van der Waals surface area contributed by atoms with Crippen LogP contribution in [0.3, 0.4) is 0 Å². The average Bonchev–Trinajstić information content (AvgIpc) is 1.89.